The predicted molar refractivity (Wildman–Crippen MR) is 58.8 cm³/mol. The molecule has 0 heterocycles. The molecule has 0 aliphatic carbocycles. The topological polar surface area (TPSA) is 26.3 Å². The van der Waals surface area contributed by atoms with Gasteiger partial charge in [-0.25, -0.2) is 0 Å². The minimum atomic E-state index is -0.113. The van der Waals surface area contributed by atoms with E-state index in [1.807, 2.05) is 0 Å². The average Bonchev–Trinajstić information content (AvgIpc) is 2.17. The van der Waals surface area contributed by atoms with Gasteiger partial charge in [0.2, 0.25) is 0 Å². The van der Waals surface area contributed by atoms with Crippen molar-refractivity contribution in [3.63, 3.8) is 0 Å². The van der Waals surface area contributed by atoms with Crippen LogP contribution in [0.25, 0.3) is 0 Å². The lowest BCUT2D eigenvalue weighted by Crippen LogP contribution is -2.15. The zero-order valence-corrected chi connectivity index (χ0v) is 9.42. The van der Waals surface area contributed by atoms with E-state index in [2.05, 4.69) is 20.4 Å². The molecule has 2 nitrogen and oxygen atoms in total. The van der Waals surface area contributed by atoms with Crippen LogP contribution in [0.15, 0.2) is 12.8 Å². The van der Waals surface area contributed by atoms with Crippen molar-refractivity contribution in [1.29, 1.82) is 0 Å². The fraction of sp³-hybridized carbons (Fsp3) is 0.750. The smallest absolute Gasteiger partial charge is 0.313 e. The Morgan fingerprint density at radius 3 is 2.50 bits per heavy atom. The molecule has 0 aliphatic heterocycles. The highest BCUT2D eigenvalue weighted by molar-refractivity contribution is 5.72. The summed E-state index contributed by atoms with van der Waals surface area (Å²) in [6, 6.07) is 0. The van der Waals surface area contributed by atoms with Crippen molar-refractivity contribution in [3.8, 4) is 0 Å². The van der Waals surface area contributed by atoms with Crippen LogP contribution in [-0.2, 0) is 9.53 Å². The van der Waals surface area contributed by atoms with Crippen molar-refractivity contribution in [1.82, 2.24) is 0 Å². The molecule has 0 saturated heterocycles. The minimum absolute atomic E-state index is 0.0737. The lowest BCUT2D eigenvalue weighted by Gasteiger charge is -2.12. The molecule has 0 aromatic heterocycles. The summed E-state index contributed by atoms with van der Waals surface area (Å²) < 4.78 is 4.81. The molecule has 0 aromatic rings. The van der Waals surface area contributed by atoms with E-state index >= 15 is 0 Å². The molecule has 0 bridgehead atoms. The number of hydrogen-bond donors (Lipinski definition) is 0. The van der Waals surface area contributed by atoms with E-state index in [1.165, 1.54) is 19.1 Å². The highest BCUT2D eigenvalue weighted by Crippen LogP contribution is 2.17. The molecule has 0 spiro atoms. The Labute approximate surface area is 87.3 Å². The van der Waals surface area contributed by atoms with E-state index in [9.17, 15) is 4.79 Å². The van der Waals surface area contributed by atoms with Crippen molar-refractivity contribution >= 4 is 5.97 Å². The second-order valence-electron chi connectivity index (χ2n) is 3.58. The molecule has 0 rings (SSSR count). The zero-order valence-electron chi connectivity index (χ0n) is 9.42. The molecule has 0 amide bonds. The molecule has 0 saturated carbocycles. The number of esters is 1. The summed E-state index contributed by atoms with van der Waals surface area (Å²) in [5, 5.41) is 0. The summed E-state index contributed by atoms with van der Waals surface area (Å²) >= 11 is 0. The van der Waals surface area contributed by atoms with Crippen LogP contribution in [0.4, 0.5) is 0 Å². The van der Waals surface area contributed by atoms with E-state index in [4.69, 9.17) is 4.74 Å². The Hall–Kier alpha value is -0.790. The van der Waals surface area contributed by atoms with E-state index < -0.39 is 0 Å². The number of carbonyl (C=O) groups is 1. The molecule has 2 heteroatoms. The first-order valence-electron chi connectivity index (χ1n) is 5.57. The van der Waals surface area contributed by atoms with E-state index in [0.29, 0.717) is 0 Å². The van der Waals surface area contributed by atoms with Gasteiger partial charge in [0.15, 0.2) is 0 Å². The quantitative estimate of drug-likeness (QED) is 0.338. The van der Waals surface area contributed by atoms with E-state index in [-0.39, 0.29) is 11.9 Å². The number of rotatable bonds is 8. The third-order valence-corrected chi connectivity index (χ3v) is 2.33. The normalized spacial score (nSPS) is 12.1. The largest absolute Gasteiger partial charge is 0.435 e. The van der Waals surface area contributed by atoms with Crippen molar-refractivity contribution in [2.75, 3.05) is 0 Å². The van der Waals surface area contributed by atoms with Crippen molar-refractivity contribution in [2.45, 2.75) is 52.4 Å². The molecule has 0 aromatic carbocycles. The van der Waals surface area contributed by atoms with Gasteiger partial charge < -0.3 is 4.74 Å². The first kappa shape index (κ1) is 13.2. The van der Waals surface area contributed by atoms with Crippen LogP contribution < -0.4 is 0 Å². The number of unbranched alkanes of at least 4 members (excludes halogenated alkanes) is 2. The Bertz CT molecular complexity index is 164. The maximum Gasteiger partial charge on any atom is 0.313 e. The SMILES string of the molecule is C=COC(=O)C(CCC)CCCCC. The van der Waals surface area contributed by atoms with Gasteiger partial charge in [0.1, 0.15) is 0 Å². The molecule has 0 fully saturated rings. The molecular weight excluding hydrogens is 176 g/mol. The lowest BCUT2D eigenvalue weighted by atomic mass is 9.97. The Morgan fingerprint density at radius 1 is 1.29 bits per heavy atom. The van der Waals surface area contributed by atoms with E-state index in [0.717, 1.165) is 25.7 Å². The van der Waals surface area contributed by atoms with Crippen LogP contribution in [-0.4, -0.2) is 5.97 Å². The van der Waals surface area contributed by atoms with Gasteiger partial charge in [-0.3, -0.25) is 4.79 Å². The fourth-order valence-corrected chi connectivity index (χ4v) is 1.55. The summed E-state index contributed by atoms with van der Waals surface area (Å²) in [6.07, 6.45) is 7.64. The molecule has 0 N–H and O–H groups in total. The Morgan fingerprint density at radius 2 is 2.00 bits per heavy atom. The standard InChI is InChI=1S/C12H22O2/c1-4-7-8-10-11(9-5-2)12(13)14-6-3/h6,11H,3-5,7-10H2,1-2H3. The molecule has 0 aliphatic rings. The first-order valence-corrected chi connectivity index (χ1v) is 5.57. The van der Waals surface area contributed by atoms with Gasteiger partial charge in [-0.1, -0.05) is 46.1 Å². The zero-order chi connectivity index (χ0) is 10.8. The lowest BCUT2D eigenvalue weighted by molar-refractivity contribution is -0.143. The number of carbonyl (C=O) groups excluding carboxylic acids is 1. The van der Waals surface area contributed by atoms with Crippen molar-refractivity contribution in [2.24, 2.45) is 5.92 Å². The molecule has 82 valence electrons. The van der Waals surface area contributed by atoms with Gasteiger partial charge in [-0.2, -0.15) is 0 Å². The van der Waals surface area contributed by atoms with Crippen molar-refractivity contribution < 1.29 is 9.53 Å². The minimum Gasteiger partial charge on any atom is -0.435 e. The van der Waals surface area contributed by atoms with Gasteiger partial charge >= 0.3 is 5.97 Å². The second-order valence-corrected chi connectivity index (χ2v) is 3.58. The molecule has 1 unspecified atom stereocenters. The number of ether oxygens (including phenoxy) is 1. The number of hydrogen-bond acceptors (Lipinski definition) is 2. The van der Waals surface area contributed by atoms with Crippen LogP contribution in [0, 0.1) is 5.92 Å². The predicted octanol–water partition coefficient (Wildman–Crippen LogP) is 3.67. The Kier molecular flexibility index (Phi) is 8.30. The maximum absolute atomic E-state index is 11.4. The molecule has 1 atom stereocenters. The summed E-state index contributed by atoms with van der Waals surface area (Å²) in [6.45, 7) is 7.65. The van der Waals surface area contributed by atoms with Crippen LogP contribution in [0.2, 0.25) is 0 Å². The summed E-state index contributed by atoms with van der Waals surface area (Å²) in [5.41, 5.74) is 0. The highest BCUT2D eigenvalue weighted by Gasteiger charge is 2.17. The first-order chi connectivity index (χ1) is 6.76. The van der Waals surface area contributed by atoms with Gasteiger partial charge in [-0.05, 0) is 12.8 Å². The van der Waals surface area contributed by atoms with E-state index in [1.54, 1.807) is 0 Å². The van der Waals surface area contributed by atoms with Gasteiger partial charge in [-0.15, -0.1) is 0 Å². The fourth-order valence-electron chi connectivity index (χ4n) is 1.55. The molecule has 0 radical (unpaired) electrons. The van der Waals surface area contributed by atoms with Crippen LogP contribution in [0.1, 0.15) is 52.4 Å². The molecule has 14 heavy (non-hydrogen) atoms. The van der Waals surface area contributed by atoms with Crippen LogP contribution in [0.3, 0.4) is 0 Å². The van der Waals surface area contributed by atoms with Gasteiger partial charge in [0.25, 0.3) is 0 Å². The van der Waals surface area contributed by atoms with Gasteiger partial charge in [0.05, 0.1) is 12.2 Å². The summed E-state index contributed by atoms with van der Waals surface area (Å²) in [7, 11) is 0. The van der Waals surface area contributed by atoms with Gasteiger partial charge in [0, 0.05) is 0 Å². The maximum atomic E-state index is 11.4. The van der Waals surface area contributed by atoms with Crippen molar-refractivity contribution in [3.05, 3.63) is 12.8 Å². The van der Waals surface area contributed by atoms with Crippen LogP contribution in [0.5, 0.6) is 0 Å². The highest BCUT2D eigenvalue weighted by atomic mass is 16.5. The monoisotopic (exact) mass is 198 g/mol. The van der Waals surface area contributed by atoms with Crippen LogP contribution >= 0.6 is 0 Å². The third-order valence-electron chi connectivity index (χ3n) is 2.33. The summed E-state index contributed by atoms with van der Waals surface area (Å²) in [5.74, 6) is -0.0393. The average molecular weight is 198 g/mol. The summed E-state index contributed by atoms with van der Waals surface area (Å²) in [4.78, 5) is 11.4. The third kappa shape index (κ3) is 5.79. The second kappa shape index (κ2) is 8.79. The molecular formula is C12H22O2. The Balaban J connectivity index is 3.86.